The molecule has 25 heavy (non-hydrogen) atoms. The fraction of sp³-hybridized carbons (Fsp3) is 0.632. The summed E-state index contributed by atoms with van der Waals surface area (Å²) < 4.78 is 12.9. The monoisotopic (exact) mass is 348 g/mol. The summed E-state index contributed by atoms with van der Waals surface area (Å²) in [5.41, 5.74) is 1.09. The Morgan fingerprint density at radius 3 is 2.36 bits per heavy atom. The van der Waals surface area contributed by atoms with Crippen LogP contribution in [0.5, 0.6) is 0 Å². The van der Waals surface area contributed by atoms with Crippen LogP contribution in [-0.4, -0.2) is 79.5 Å². The number of piperidine rings is 1. The number of piperazine rings is 1. The van der Waals surface area contributed by atoms with E-state index in [1.54, 1.807) is 0 Å². The molecule has 3 rings (SSSR count). The first-order chi connectivity index (χ1) is 12.1. The molecule has 0 radical (unpaired) electrons. The van der Waals surface area contributed by atoms with E-state index < -0.39 is 0 Å². The summed E-state index contributed by atoms with van der Waals surface area (Å²) in [6, 6.07) is 7.05. The normalized spacial score (nSPS) is 20.8. The Hall–Kier alpha value is -1.50. The van der Waals surface area contributed by atoms with Crippen molar-refractivity contribution in [2.75, 3.05) is 52.9 Å². The average molecular weight is 348 g/mol. The van der Waals surface area contributed by atoms with Gasteiger partial charge in [-0.25, -0.2) is 4.39 Å². The predicted octanol–water partition coefficient (Wildman–Crippen LogP) is 1.15. The molecule has 0 unspecified atom stereocenters. The van der Waals surface area contributed by atoms with Crippen molar-refractivity contribution in [1.29, 1.82) is 0 Å². The number of amides is 1. The van der Waals surface area contributed by atoms with E-state index in [2.05, 4.69) is 22.2 Å². The highest BCUT2D eigenvalue weighted by atomic mass is 19.1. The highest BCUT2D eigenvalue weighted by Gasteiger charge is 2.24. The van der Waals surface area contributed by atoms with Gasteiger partial charge in [0.15, 0.2) is 0 Å². The Morgan fingerprint density at radius 2 is 1.72 bits per heavy atom. The Morgan fingerprint density at radius 1 is 1.08 bits per heavy atom. The molecule has 2 heterocycles. The highest BCUT2D eigenvalue weighted by molar-refractivity contribution is 5.78. The zero-order chi connectivity index (χ0) is 17.6. The third-order valence-corrected chi connectivity index (χ3v) is 5.31. The Balaban J connectivity index is 1.36. The lowest BCUT2D eigenvalue weighted by Crippen LogP contribution is -2.51. The number of hydrogen-bond donors (Lipinski definition) is 1. The Bertz CT molecular complexity index is 549. The summed E-state index contributed by atoms with van der Waals surface area (Å²) in [4.78, 5) is 19.1. The second-order valence-corrected chi connectivity index (χ2v) is 7.24. The largest absolute Gasteiger partial charge is 0.341 e. The topological polar surface area (TPSA) is 38.8 Å². The van der Waals surface area contributed by atoms with Crippen molar-refractivity contribution in [2.24, 2.45) is 0 Å². The molecule has 0 aromatic heterocycles. The van der Waals surface area contributed by atoms with Crippen LogP contribution in [0.25, 0.3) is 0 Å². The van der Waals surface area contributed by atoms with Gasteiger partial charge in [0.2, 0.25) is 5.91 Å². The second-order valence-electron chi connectivity index (χ2n) is 7.24. The van der Waals surface area contributed by atoms with Gasteiger partial charge in [-0.1, -0.05) is 12.1 Å². The number of carbonyl (C=O) groups is 1. The van der Waals surface area contributed by atoms with Gasteiger partial charge in [0.25, 0.3) is 0 Å². The molecule has 0 bridgehead atoms. The minimum atomic E-state index is -0.198. The molecule has 5 nitrogen and oxygen atoms in total. The number of likely N-dealkylation sites (N-methyl/N-ethyl adjacent to an activating group) is 1. The maximum Gasteiger partial charge on any atom is 0.236 e. The van der Waals surface area contributed by atoms with Gasteiger partial charge >= 0.3 is 0 Å². The van der Waals surface area contributed by atoms with Gasteiger partial charge in [-0.15, -0.1) is 0 Å². The van der Waals surface area contributed by atoms with Gasteiger partial charge in [0.05, 0.1) is 6.54 Å². The first kappa shape index (κ1) is 18.3. The molecule has 1 aromatic carbocycles. The number of hydrogen-bond acceptors (Lipinski definition) is 4. The number of rotatable bonds is 5. The standard InChI is InChI=1S/C19H29FN4O/c1-22-10-12-23(13-11-22)15-19(25)24-8-6-18(7-9-24)21-14-16-2-4-17(20)5-3-16/h2-5,18,21H,6-15H2,1H3. The maximum atomic E-state index is 12.9. The minimum absolute atomic E-state index is 0.198. The van der Waals surface area contributed by atoms with E-state index in [0.29, 0.717) is 12.6 Å². The first-order valence-corrected chi connectivity index (χ1v) is 9.26. The molecule has 2 aliphatic rings. The average Bonchev–Trinajstić information content (AvgIpc) is 2.63. The quantitative estimate of drug-likeness (QED) is 0.867. The number of benzene rings is 1. The number of carbonyl (C=O) groups excluding carboxylic acids is 1. The van der Waals surface area contributed by atoms with E-state index in [1.807, 2.05) is 17.0 Å². The van der Waals surface area contributed by atoms with Crippen LogP contribution < -0.4 is 5.32 Å². The van der Waals surface area contributed by atoms with Gasteiger partial charge in [0.1, 0.15) is 5.82 Å². The molecule has 6 heteroatoms. The van der Waals surface area contributed by atoms with E-state index in [0.717, 1.165) is 64.2 Å². The molecule has 1 aromatic rings. The lowest BCUT2D eigenvalue weighted by Gasteiger charge is -2.36. The van der Waals surface area contributed by atoms with Crippen molar-refractivity contribution in [3.8, 4) is 0 Å². The molecule has 1 amide bonds. The number of nitrogens with one attached hydrogen (secondary N) is 1. The van der Waals surface area contributed by atoms with E-state index >= 15 is 0 Å². The van der Waals surface area contributed by atoms with Gasteiger partial charge in [-0.3, -0.25) is 9.69 Å². The van der Waals surface area contributed by atoms with Crippen LogP contribution in [0.15, 0.2) is 24.3 Å². The van der Waals surface area contributed by atoms with E-state index in [4.69, 9.17) is 0 Å². The minimum Gasteiger partial charge on any atom is -0.341 e. The van der Waals surface area contributed by atoms with Crippen molar-refractivity contribution < 1.29 is 9.18 Å². The summed E-state index contributed by atoms with van der Waals surface area (Å²) in [5.74, 6) is 0.0671. The highest BCUT2D eigenvalue weighted by Crippen LogP contribution is 2.13. The molecule has 0 aliphatic carbocycles. The van der Waals surface area contributed by atoms with Crippen molar-refractivity contribution >= 4 is 5.91 Å². The lowest BCUT2D eigenvalue weighted by atomic mass is 10.0. The lowest BCUT2D eigenvalue weighted by molar-refractivity contribution is -0.133. The van der Waals surface area contributed by atoms with Crippen molar-refractivity contribution in [3.05, 3.63) is 35.6 Å². The molecule has 1 N–H and O–H groups in total. The summed E-state index contributed by atoms with van der Waals surface area (Å²) in [6.07, 6.45) is 1.96. The first-order valence-electron chi connectivity index (χ1n) is 9.26. The summed E-state index contributed by atoms with van der Waals surface area (Å²) in [7, 11) is 2.13. The predicted molar refractivity (Wildman–Crippen MR) is 96.8 cm³/mol. The van der Waals surface area contributed by atoms with Crippen LogP contribution >= 0.6 is 0 Å². The molecule has 0 atom stereocenters. The Labute approximate surface area is 149 Å². The van der Waals surface area contributed by atoms with Crippen LogP contribution in [0.1, 0.15) is 18.4 Å². The molecular formula is C19H29FN4O. The van der Waals surface area contributed by atoms with Crippen molar-refractivity contribution in [2.45, 2.75) is 25.4 Å². The summed E-state index contributed by atoms with van der Waals surface area (Å²) in [5, 5.41) is 3.53. The van der Waals surface area contributed by atoms with Crippen LogP contribution in [0.4, 0.5) is 4.39 Å². The van der Waals surface area contributed by atoms with E-state index in [1.165, 1.54) is 12.1 Å². The molecule has 2 fully saturated rings. The summed E-state index contributed by atoms with van der Waals surface area (Å²) >= 11 is 0. The number of nitrogens with zero attached hydrogens (tertiary/aromatic N) is 3. The van der Waals surface area contributed by atoms with Crippen LogP contribution in [0, 0.1) is 5.82 Å². The third-order valence-electron chi connectivity index (χ3n) is 5.31. The molecule has 0 spiro atoms. The molecule has 138 valence electrons. The molecule has 2 aliphatic heterocycles. The van der Waals surface area contributed by atoms with Crippen LogP contribution in [-0.2, 0) is 11.3 Å². The zero-order valence-electron chi connectivity index (χ0n) is 15.1. The van der Waals surface area contributed by atoms with Crippen LogP contribution in [0.3, 0.4) is 0 Å². The van der Waals surface area contributed by atoms with E-state index in [9.17, 15) is 9.18 Å². The van der Waals surface area contributed by atoms with Gasteiger partial charge in [0, 0.05) is 51.9 Å². The Kier molecular flexibility index (Phi) is 6.39. The smallest absolute Gasteiger partial charge is 0.236 e. The van der Waals surface area contributed by atoms with Gasteiger partial charge < -0.3 is 15.1 Å². The third kappa shape index (κ3) is 5.49. The zero-order valence-corrected chi connectivity index (χ0v) is 15.1. The molecule has 0 saturated carbocycles. The van der Waals surface area contributed by atoms with E-state index in [-0.39, 0.29) is 11.7 Å². The fourth-order valence-corrected chi connectivity index (χ4v) is 3.49. The SMILES string of the molecule is CN1CCN(CC(=O)N2CCC(NCc3ccc(F)cc3)CC2)CC1. The number of halogens is 1. The van der Waals surface area contributed by atoms with Gasteiger partial charge in [-0.2, -0.15) is 0 Å². The summed E-state index contributed by atoms with van der Waals surface area (Å²) in [6.45, 7) is 7.02. The number of likely N-dealkylation sites (tertiary alicyclic amines) is 1. The second kappa shape index (κ2) is 8.74. The molecular weight excluding hydrogens is 319 g/mol. The fourth-order valence-electron chi connectivity index (χ4n) is 3.49. The van der Waals surface area contributed by atoms with Crippen molar-refractivity contribution in [1.82, 2.24) is 20.0 Å². The molecule has 2 saturated heterocycles. The van der Waals surface area contributed by atoms with Crippen molar-refractivity contribution in [3.63, 3.8) is 0 Å². The maximum absolute atomic E-state index is 12.9. The van der Waals surface area contributed by atoms with Gasteiger partial charge in [-0.05, 0) is 37.6 Å². The van der Waals surface area contributed by atoms with Crippen LogP contribution in [0.2, 0.25) is 0 Å².